The van der Waals surface area contributed by atoms with E-state index in [-0.39, 0.29) is 37.2 Å². The van der Waals surface area contributed by atoms with E-state index in [0.29, 0.717) is 16.3 Å². The van der Waals surface area contributed by atoms with E-state index in [1.54, 1.807) is 48.5 Å². The Morgan fingerprint density at radius 3 is 2.53 bits per heavy atom. The first-order valence-corrected chi connectivity index (χ1v) is 9.69. The second-order valence-corrected chi connectivity index (χ2v) is 7.33. The number of carbonyl (C=O) groups is 4. The van der Waals surface area contributed by atoms with Crippen LogP contribution in [0, 0.1) is 0 Å². The van der Waals surface area contributed by atoms with Crippen molar-refractivity contribution in [2.24, 2.45) is 0 Å². The lowest BCUT2D eigenvalue weighted by Crippen LogP contribution is -2.30. The number of hydrogen-bond acceptors (Lipinski definition) is 4. The van der Waals surface area contributed by atoms with Gasteiger partial charge in [0.05, 0.1) is 25.6 Å². The van der Waals surface area contributed by atoms with E-state index < -0.39 is 12.1 Å². The van der Waals surface area contributed by atoms with Crippen molar-refractivity contribution in [2.45, 2.75) is 25.9 Å². The van der Waals surface area contributed by atoms with Crippen molar-refractivity contribution < 1.29 is 19.2 Å². The van der Waals surface area contributed by atoms with Crippen LogP contribution in [0.1, 0.15) is 30.5 Å². The number of nitrogens with zero attached hydrogens (tertiary/aromatic N) is 1. The molecule has 1 fully saturated rings. The van der Waals surface area contributed by atoms with E-state index in [0.717, 1.165) is 10.5 Å². The van der Waals surface area contributed by atoms with Crippen LogP contribution >= 0.6 is 11.6 Å². The minimum absolute atomic E-state index is 0.00943. The molecule has 3 N–H and O–H groups in total. The molecule has 0 saturated carbocycles. The van der Waals surface area contributed by atoms with Gasteiger partial charge in [-0.15, -0.1) is 0 Å². The van der Waals surface area contributed by atoms with Crippen LogP contribution in [0.3, 0.4) is 0 Å². The highest BCUT2D eigenvalue weighted by Gasteiger charge is 2.28. The molecule has 2 aromatic carbocycles. The van der Waals surface area contributed by atoms with Crippen LogP contribution in [-0.2, 0) is 20.9 Å². The number of rotatable bonds is 7. The van der Waals surface area contributed by atoms with E-state index in [2.05, 4.69) is 16.0 Å². The molecule has 0 radical (unpaired) electrons. The highest BCUT2D eigenvalue weighted by Crippen LogP contribution is 2.21. The predicted octanol–water partition coefficient (Wildman–Crippen LogP) is 2.60. The monoisotopic (exact) mass is 428 g/mol. The number of halogens is 1. The highest BCUT2D eigenvalue weighted by atomic mass is 35.5. The van der Waals surface area contributed by atoms with Gasteiger partial charge in [0.15, 0.2) is 0 Å². The second-order valence-electron chi connectivity index (χ2n) is 6.90. The molecule has 1 heterocycles. The van der Waals surface area contributed by atoms with Crippen LogP contribution in [0.15, 0.2) is 48.5 Å². The Labute approximate surface area is 178 Å². The van der Waals surface area contributed by atoms with E-state index in [1.807, 2.05) is 0 Å². The first-order chi connectivity index (χ1) is 14.3. The minimum atomic E-state index is -0.506. The van der Waals surface area contributed by atoms with E-state index in [9.17, 15) is 19.2 Å². The molecule has 1 atom stereocenters. The molecule has 30 heavy (non-hydrogen) atoms. The minimum Gasteiger partial charge on any atom is -0.349 e. The average Bonchev–Trinajstić information content (AvgIpc) is 3.00. The second kappa shape index (κ2) is 9.41. The first-order valence-electron chi connectivity index (χ1n) is 9.31. The summed E-state index contributed by atoms with van der Waals surface area (Å²) in [6.45, 7) is 1.50. The summed E-state index contributed by atoms with van der Waals surface area (Å²) < 4.78 is 0. The molecule has 0 spiro atoms. The summed E-state index contributed by atoms with van der Waals surface area (Å²) in [5, 5.41) is 8.59. The van der Waals surface area contributed by atoms with Crippen LogP contribution in [0.25, 0.3) is 0 Å². The topological polar surface area (TPSA) is 108 Å². The van der Waals surface area contributed by atoms with Gasteiger partial charge in [0, 0.05) is 17.6 Å². The third-order valence-electron chi connectivity index (χ3n) is 4.53. The van der Waals surface area contributed by atoms with Crippen LogP contribution in [0.4, 0.5) is 10.5 Å². The SMILES string of the molecule is CC(=O)NC(CC(=O)Nc1cccc(CN2C(=O)CNC2=O)c1)c1ccc(Cl)cc1. The van der Waals surface area contributed by atoms with Crippen LogP contribution in [0.5, 0.6) is 0 Å². The molecule has 0 aliphatic carbocycles. The molecule has 5 amide bonds. The van der Waals surface area contributed by atoms with Crippen molar-refractivity contribution in [1.82, 2.24) is 15.5 Å². The zero-order chi connectivity index (χ0) is 21.7. The highest BCUT2D eigenvalue weighted by molar-refractivity contribution is 6.30. The Balaban J connectivity index is 1.66. The van der Waals surface area contributed by atoms with Crippen molar-refractivity contribution in [2.75, 3.05) is 11.9 Å². The molecule has 1 aliphatic rings. The first kappa shape index (κ1) is 21.3. The summed E-state index contributed by atoms with van der Waals surface area (Å²) in [5.41, 5.74) is 1.99. The summed E-state index contributed by atoms with van der Waals surface area (Å²) in [4.78, 5) is 48.7. The largest absolute Gasteiger partial charge is 0.349 e. The van der Waals surface area contributed by atoms with Gasteiger partial charge in [0.1, 0.15) is 0 Å². The molecule has 0 aromatic heterocycles. The lowest BCUT2D eigenvalue weighted by molar-refractivity contribution is -0.125. The fraction of sp³-hybridized carbons (Fsp3) is 0.238. The van der Waals surface area contributed by atoms with Gasteiger partial charge in [-0.3, -0.25) is 19.3 Å². The van der Waals surface area contributed by atoms with Crippen molar-refractivity contribution in [3.63, 3.8) is 0 Å². The number of nitrogens with one attached hydrogen (secondary N) is 3. The van der Waals surface area contributed by atoms with Gasteiger partial charge < -0.3 is 16.0 Å². The standard InChI is InChI=1S/C21H21ClN4O4/c1-13(27)24-18(15-5-7-16(22)8-6-15)10-19(28)25-17-4-2-3-14(9-17)12-26-20(29)11-23-21(26)30/h2-9,18H,10-12H2,1H3,(H,23,30)(H,24,27)(H,25,28). The summed E-state index contributed by atoms with van der Waals surface area (Å²) in [7, 11) is 0. The lowest BCUT2D eigenvalue weighted by atomic mass is 10.0. The molecule has 1 saturated heterocycles. The van der Waals surface area contributed by atoms with Gasteiger partial charge in [-0.25, -0.2) is 4.79 Å². The molecule has 8 nitrogen and oxygen atoms in total. The van der Waals surface area contributed by atoms with Crippen molar-refractivity contribution >= 4 is 41.0 Å². The maximum atomic E-state index is 12.6. The Bertz CT molecular complexity index is 961. The quantitative estimate of drug-likeness (QED) is 0.589. The van der Waals surface area contributed by atoms with Crippen LogP contribution in [-0.4, -0.2) is 35.2 Å². The number of benzene rings is 2. The van der Waals surface area contributed by atoms with Crippen molar-refractivity contribution in [1.29, 1.82) is 0 Å². The maximum Gasteiger partial charge on any atom is 0.324 e. The Morgan fingerprint density at radius 2 is 1.90 bits per heavy atom. The van der Waals surface area contributed by atoms with Gasteiger partial charge in [0.2, 0.25) is 17.7 Å². The third kappa shape index (κ3) is 5.57. The summed E-state index contributed by atoms with van der Waals surface area (Å²) >= 11 is 5.91. The van der Waals surface area contributed by atoms with Crippen LogP contribution in [0.2, 0.25) is 5.02 Å². The fourth-order valence-corrected chi connectivity index (χ4v) is 3.26. The zero-order valence-electron chi connectivity index (χ0n) is 16.3. The van der Waals surface area contributed by atoms with Gasteiger partial charge in [-0.1, -0.05) is 35.9 Å². The van der Waals surface area contributed by atoms with Gasteiger partial charge in [-0.05, 0) is 35.4 Å². The third-order valence-corrected chi connectivity index (χ3v) is 4.78. The van der Waals surface area contributed by atoms with E-state index in [4.69, 9.17) is 11.6 Å². The lowest BCUT2D eigenvalue weighted by Gasteiger charge is -2.18. The summed E-state index contributed by atoms with van der Waals surface area (Å²) in [5.74, 6) is -0.843. The summed E-state index contributed by atoms with van der Waals surface area (Å²) in [6, 6.07) is 12.9. The number of amides is 5. The maximum absolute atomic E-state index is 12.6. The van der Waals surface area contributed by atoms with E-state index >= 15 is 0 Å². The average molecular weight is 429 g/mol. The molecule has 0 bridgehead atoms. The Kier molecular flexibility index (Phi) is 6.68. The molecule has 3 rings (SSSR count). The molecule has 156 valence electrons. The van der Waals surface area contributed by atoms with Crippen molar-refractivity contribution in [3.05, 3.63) is 64.7 Å². The van der Waals surface area contributed by atoms with Crippen molar-refractivity contribution in [3.8, 4) is 0 Å². The molecule has 9 heteroatoms. The zero-order valence-corrected chi connectivity index (χ0v) is 17.0. The van der Waals surface area contributed by atoms with Gasteiger partial charge in [-0.2, -0.15) is 0 Å². The molecule has 2 aromatic rings. The van der Waals surface area contributed by atoms with Gasteiger partial charge >= 0.3 is 6.03 Å². The number of carbonyl (C=O) groups excluding carboxylic acids is 4. The number of hydrogen-bond donors (Lipinski definition) is 3. The molecule has 1 unspecified atom stereocenters. The fourth-order valence-electron chi connectivity index (χ4n) is 3.14. The van der Waals surface area contributed by atoms with Crippen LogP contribution < -0.4 is 16.0 Å². The molecule has 1 aliphatic heterocycles. The smallest absolute Gasteiger partial charge is 0.324 e. The van der Waals surface area contributed by atoms with Gasteiger partial charge in [0.25, 0.3) is 0 Å². The summed E-state index contributed by atoms with van der Waals surface area (Å²) in [6.07, 6.45) is 0.0262. The number of urea groups is 1. The molecular weight excluding hydrogens is 408 g/mol. The Hall–Kier alpha value is -3.39. The predicted molar refractivity (Wildman–Crippen MR) is 112 cm³/mol. The number of anilines is 1. The van der Waals surface area contributed by atoms with E-state index in [1.165, 1.54) is 6.92 Å². The molecular formula is C21H21ClN4O4. The normalized spacial score (nSPS) is 14.3. The number of imide groups is 1. The Morgan fingerprint density at radius 1 is 1.17 bits per heavy atom.